The summed E-state index contributed by atoms with van der Waals surface area (Å²) in [5, 5.41) is 6.93. The van der Waals surface area contributed by atoms with E-state index in [0.29, 0.717) is 34.6 Å². The van der Waals surface area contributed by atoms with Gasteiger partial charge in [0.1, 0.15) is 5.75 Å². The average molecular weight is 552 g/mol. The topological polar surface area (TPSA) is 82.0 Å². The molecule has 0 aliphatic carbocycles. The number of ether oxygens (including phenoxy) is 3. The predicted octanol–water partition coefficient (Wildman–Crippen LogP) is 6.65. The monoisotopic (exact) mass is 551 g/mol. The van der Waals surface area contributed by atoms with Crippen LogP contribution in [0.4, 0.5) is 5.13 Å². The average Bonchev–Trinajstić information content (AvgIpc) is 3.35. The lowest BCUT2D eigenvalue weighted by molar-refractivity contribution is 0.0728. The molecule has 35 heavy (non-hydrogen) atoms. The molecular formula is C26H22BrN3O4S. The van der Waals surface area contributed by atoms with Crippen LogP contribution in [0.15, 0.2) is 81.7 Å². The summed E-state index contributed by atoms with van der Waals surface area (Å²) in [6, 6.07) is 20.0. The Hall–Kier alpha value is -3.69. The van der Waals surface area contributed by atoms with Crippen molar-refractivity contribution in [1.29, 1.82) is 0 Å². The van der Waals surface area contributed by atoms with E-state index in [4.69, 9.17) is 14.2 Å². The van der Waals surface area contributed by atoms with Crippen molar-refractivity contribution in [2.75, 3.05) is 19.1 Å². The Morgan fingerprint density at radius 2 is 1.94 bits per heavy atom. The lowest BCUT2D eigenvalue weighted by atomic mass is 10.2. The number of thiazole rings is 1. The first-order chi connectivity index (χ1) is 17.1. The standard InChI is InChI=1S/C26H22BrN3O4S/c1-3-33-24-13-17(7-12-23(24)34-25(31)19-5-4-6-21(14-19)32-2)15-28-30-26-29-22(16-35-26)18-8-10-20(27)11-9-18/h4-16H,3H2,1-2H3,(H,29,30). The molecule has 3 aromatic carbocycles. The van der Waals surface area contributed by atoms with Crippen molar-refractivity contribution >= 4 is 44.6 Å². The lowest BCUT2D eigenvalue weighted by Gasteiger charge is -2.11. The van der Waals surface area contributed by atoms with E-state index < -0.39 is 5.97 Å². The summed E-state index contributed by atoms with van der Waals surface area (Å²) in [6.07, 6.45) is 1.65. The first-order valence-corrected chi connectivity index (χ1v) is 12.4. The second-order valence-electron chi connectivity index (χ2n) is 7.18. The highest BCUT2D eigenvalue weighted by Gasteiger charge is 2.14. The SMILES string of the molecule is CCOc1cc(C=NNc2nc(-c3ccc(Br)cc3)cs2)ccc1OC(=O)c1cccc(OC)c1. The first kappa shape index (κ1) is 24.4. The van der Waals surface area contributed by atoms with Gasteiger partial charge < -0.3 is 14.2 Å². The summed E-state index contributed by atoms with van der Waals surface area (Å²) in [5.41, 5.74) is 6.01. The Bertz CT molecular complexity index is 1340. The van der Waals surface area contributed by atoms with Crippen LogP contribution in [0.25, 0.3) is 11.3 Å². The van der Waals surface area contributed by atoms with E-state index in [9.17, 15) is 4.79 Å². The summed E-state index contributed by atoms with van der Waals surface area (Å²) in [7, 11) is 1.54. The van der Waals surface area contributed by atoms with Crippen LogP contribution in [0, 0.1) is 0 Å². The van der Waals surface area contributed by atoms with Gasteiger partial charge in [0.15, 0.2) is 11.5 Å². The van der Waals surface area contributed by atoms with Crippen molar-refractivity contribution in [3.8, 4) is 28.5 Å². The molecule has 7 nitrogen and oxygen atoms in total. The minimum Gasteiger partial charge on any atom is -0.497 e. The van der Waals surface area contributed by atoms with Gasteiger partial charge in [0.05, 0.1) is 31.2 Å². The van der Waals surface area contributed by atoms with Crippen molar-refractivity contribution < 1.29 is 19.0 Å². The van der Waals surface area contributed by atoms with E-state index in [1.54, 1.807) is 55.8 Å². The van der Waals surface area contributed by atoms with E-state index in [1.165, 1.54) is 11.3 Å². The van der Waals surface area contributed by atoms with E-state index in [1.807, 2.05) is 36.6 Å². The number of nitrogens with zero attached hydrogens (tertiary/aromatic N) is 2. The summed E-state index contributed by atoms with van der Waals surface area (Å²) < 4.78 is 17.5. The number of hydrogen-bond donors (Lipinski definition) is 1. The lowest BCUT2D eigenvalue weighted by Crippen LogP contribution is -2.10. The maximum atomic E-state index is 12.6. The molecule has 0 aliphatic rings. The molecule has 4 rings (SSSR count). The Morgan fingerprint density at radius 3 is 2.71 bits per heavy atom. The molecule has 0 bridgehead atoms. The van der Waals surface area contributed by atoms with Gasteiger partial charge in [-0.05, 0) is 61.0 Å². The van der Waals surface area contributed by atoms with Crippen LogP contribution in [0.5, 0.6) is 17.2 Å². The smallest absolute Gasteiger partial charge is 0.343 e. The number of carbonyl (C=O) groups excluding carboxylic acids is 1. The Balaban J connectivity index is 1.43. The molecule has 1 heterocycles. The van der Waals surface area contributed by atoms with Gasteiger partial charge in [-0.2, -0.15) is 5.10 Å². The van der Waals surface area contributed by atoms with E-state index in [0.717, 1.165) is 21.3 Å². The minimum absolute atomic E-state index is 0.323. The van der Waals surface area contributed by atoms with Crippen LogP contribution in [0.3, 0.4) is 0 Å². The van der Waals surface area contributed by atoms with Gasteiger partial charge in [-0.15, -0.1) is 11.3 Å². The number of benzene rings is 3. The summed E-state index contributed by atoms with van der Waals surface area (Å²) >= 11 is 4.90. The molecule has 0 atom stereocenters. The number of esters is 1. The number of nitrogens with one attached hydrogen (secondary N) is 1. The van der Waals surface area contributed by atoms with Crippen molar-refractivity contribution in [3.05, 3.63) is 87.7 Å². The van der Waals surface area contributed by atoms with E-state index in [-0.39, 0.29) is 0 Å². The van der Waals surface area contributed by atoms with Crippen LogP contribution < -0.4 is 19.6 Å². The molecule has 0 radical (unpaired) electrons. The fourth-order valence-electron chi connectivity index (χ4n) is 3.11. The van der Waals surface area contributed by atoms with Crippen LogP contribution in [0.1, 0.15) is 22.8 Å². The second kappa shape index (κ2) is 11.6. The van der Waals surface area contributed by atoms with Gasteiger partial charge in [-0.3, -0.25) is 5.43 Å². The number of anilines is 1. The predicted molar refractivity (Wildman–Crippen MR) is 142 cm³/mol. The molecular weight excluding hydrogens is 530 g/mol. The third-order valence-electron chi connectivity index (χ3n) is 4.79. The summed E-state index contributed by atoms with van der Waals surface area (Å²) in [5.74, 6) is 0.842. The quantitative estimate of drug-likeness (QED) is 0.108. The third kappa shape index (κ3) is 6.46. The molecule has 1 aromatic heterocycles. The van der Waals surface area contributed by atoms with Crippen LogP contribution >= 0.6 is 27.3 Å². The number of hydrazone groups is 1. The molecule has 0 amide bonds. The zero-order valence-corrected chi connectivity index (χ0v) is 21.4. The largest absolute Gasteiger partial charge is 0.497 e. The van der Waals surface area contributed by atoms with Crippen LogP contribution in [-0.4, -0.2) is 30.9 Å². The highest BCUT2D eigenvalue weighted by molar-refractivity contribution is 9.10. The van der Waals surface area contributed by atoms with Gasteiger partial charge in [0, 0.05) is 15.4 Å². The minimum atomic E-state index is -0.502. The molecule has 1 N–H and O–H groups in total. The van der Waals surface area contributed by atoms with Crippen LogP contribution in [-0.2, 0) is 0 Å². The van der Waals surface area contributed by atoms with Crippen molar-refractivity contribution in [1.82, 2.24) is 4.98 Å². The summed E-state index contributed by atoms with van der Waals surface area (Å²) in [6.45, 7) is 2.28. The van der Waals surface area contributed by atoms with Gasteiger partial charge in [0.25, 0.3) is 0 Å². The second-order valence-corrected chi connectivity index (χ2v) is 8.95. The van der Waals surface area contributed by atoms with Gasteiger partial charge >= 0.3 is 5.97 Å². The Morgan fingerprint density at radius 1 is 1.11 bits per heavy atom. The Labute approximate surface area is 215 Å². The van der Waals surface area contributed by atoms with Crippen LogP contribution in [0.2, 0.25) is 0 Å². The highest BCUT2D eigenvalue weighted by Crippen LogP contribution is 2.30. The number of methoxy groups -OCH3 is 1. The molecule has 0 saturated carbocycles. The maximum absolute atomic E-state index is 12.6. The highest BCUT2D eigenvalue weighted by atomic mass is 79.9. The maximum Gasteiger partial charge on any atom is 0.343 e. The van der Waals surface area contributed by atoms with Gasteiger partial charge in [-0.25, -0.2) is 9.78 Å². The molecule has 0 spiro atoms. The first-order valence-electron chi connectivity index (χ1n) is 10.7. The van der Waals surface area contributed by atoms with E-state index >= 15 is 0 Å². The molecule has 0 aliphatic heterocycles. The van der Waals surface area contributed by atoms with Crippen molar-refractivity contribution in [3.63, 3.8) is 0 Å². The molecule has 0 unspecified atom stereocenters. The molecule has 178 valence electrons. The normalized spacial score (nSPS) is 10.8. The molecule has 9 heteroatoms. The van der Waals surface area contributed by atoms with Crippen molar-refractivity contribution in [2.45, 2.75) is 6.92 Å². The third-order valence-corrected chi connectivity index (χ3v) is 6.07. The van der Waals surface area contributed by atoms with E-state index in [2.05, 4.69) is 31.4 Å². The fourth-order valence-corrected chi connectivity index (χ4v) is 4.04. The molecule has 0 fully saturated rings. The van der Waals surface area contributed by atoms with Gasteiger partial charge in [-0.1, -0.05) is 34.1 Å². The molecule has 4 aromatic rings. The van der Waals surface area contributed by atoms with Crippen molar-refractivity contribution in [2.24, 2.45) is 5.10 Å². The molecule has 0 saturated heterocycles. The fraction of sp³-hybridized carbons (Fsp3) is 0.115. The van der Waals surface area contributed by atoms with Gasteiger partial charge in [0.2, 0.25) is 5.13 Å². The number of rotatable bonds is 9. The zero-order valence-electron chi connectivity index (χ0n) is 19.0. The zero-order chi connectivity index (χ0) is 24.6. The number of halogens is 1. The Kier molecular flexibility index (Phi) is 8.12. The number of hydrogen-bond acceptors (Lipinski definition) is 8. The summed E-state index contributed by atoms with van der Waals surface area (Å²) in [4.78, 5) is 17.2. The number of aromatic nitrogens is 1. The number of carbonyl (C=O) groups is 1.